The van der Waals surface area contributed by atoms with Gasteiger partial charge in [-0.1, -0.05) is 54.6 Å². The van der Waals surface area contributed by atoms with Crippen molar-refractivity contribution in [3.8, 4) is 0 Å². The monoisotopic (exact) mass is 439 g/mol. The molecule has 0 N–H and O–H groups in total. The van der Waals surface area contributed by atoms with E-state index in [1.54, 1.807) is 11.0 Å². The topological polar surface area (TPSA) is 29.5 Å². The number of nitrogens with zero attached hydrogens (tertiary/aromatic N) is 1. The summed E-state index contributed by atoms with van der Waals surface area (Å²) in [7, 11) is 0. The number of amides is 1. The van der Waals surface area contributed by atoms with Gasteiger partial charge in [-0.3, -0.25) is 4.90 Å². The van der Waals surface area contributed by atoms with Gasteiger partial charge in [0.2, 0.25) is 0 Å². The first-order chi connectivity index (χ1) is 13.6. The van der Waals surface area contributed by atoms with E-state index in [1.165, 1.54) is 12.1 Å². The fourth-order valence-electron chi connectivity index (χ4n) is 3.65. The Labute approximate surface area is 171 Å². The molecule has 28 heavy (non-hydrogen) atoms. The molecule has 3 aromatic rings. The lowest BCUT2D eigenvalue weighted by atomic mass is 9.91. The molecule has 5 heteroatoms. The minimum Gasteiger partial charge on any atom is -0.444 e. The smallest absolute Gasteiger partial charge is 0.415 e. The number of rotatable bonds is 3. The van der Waals surface area contributed by atoms with Crippen molar-refractivity contribution in [3.63, 3.8) is 0 Å². The lowest BCUT2D eigenvalue weighted by Crippen LogP contribution is -2.39. The number of carbonyl (C=O) groups is 1. The Kier molecular flexibility index (Phi) is 5.44. The largest absolute Gasteiger partial charge is 0.444 e. The molecule has 3 nitrogen and oxygen atoms in total. The van der Waals surface area contributed by atoms with E-state index in [2.05, 4.69) is 15.9 Å². The van der Waals surface area contributed by atoms with Crippen molar-refractivity contribution in [2.45, 2.75) is 25.5 Å². The molecule has 4 rings (SSSR count). The highest BCUT2D eigenvalue weighted by molar-refractivity contribution is 9.10. The normalized spacial score (nSPS) is 15.8. The molecule has 1 amide bonds. The molecule has 3 aromatic carbocycles. The molecule has 0 radical (unpaired) electrons. The average molecular weight is 440 g/mol. The predicted molar refractivity (Wildman–Crippen MR) is 111 cm³/mol. The van der Waals surface area contributed by atoms with Crippen molar-refractivity contribution < 1.29 is 13.9 Å². The number of carbonyl (C=O) groups excluding carboxylic acids is 1. The molecular weight excluding hydrogens is 421 g/mol. The number of para-hydroxylation sites is 1. The Hall–Kier alpha value is -2.66. The fourth-order valence-corrected chi connectivity index (χ4v) is 4.24. The van der Waals surface area contributed by atoms with E-state index in [1.807, 2.05) is 54.6 Å². The number of ether oxygens (including phenoxy) is 1. The minimum absolute atomic E-state index is 0.186. The van der Waals surface area contributed by atoms with Crippen molar-refractivity contribution in [1.82, 2.24) is 0 Å². The van der Waals surface area contributed by atoms with Crippen LogP contribution in [0.25, 0.3) is 0 Å². The van der Waals surface area contributed by atoms with Crippen LogP contribution < -0.4 is 4.90 Å². The van der Waals surface area contributed by atoms with Crippen LogP contribution in [0, 0.1) is 5.82 Å². The lowest BCUT2D eigenvalue weighted by molar-refractivity contribution is 0.143. The Morgan fingerprint density at radius 3 is 2.64 bits per heavy atom. The molecule has 1 aliphatic rings. The van der Waals surface area contributed by atoms with Crippen molar-refractivity contribution in [2.75, 3.05) is 4.90 Å². The van der Waals surface area contributed by atoms with Crippen LogP contribution in [0.5, 0.6) is 0 Å². The molecular formula is C23H19BrFNO2. The van der Waals surface area contributed by atoms with Crippen LogP contribution in [-0.4, -0.2) is 6.09 Å². The van der Waals surface area contributed by atoms with E-state index >= 15 is 0 Å². The molecule has 142 valence electrons. The van der Waals surface area contributed by atoms with Gasteiger partial charge in [-0.05, 0) is 63.7 Å². The number of fused-ring (bicyclic) bond motifs is 1. The minimum atomic E-state index is -0.439. The first-order valence-electron chi connectivity index (χ1n) is 9.16. The van der Waals surface area contributed by atoms with Crippen molar-refractivity contribution >= 4 is 27.7 Å². The van der Waals surface area contributed by atoms with E-state index in [0.717, 1.165) is 33.3 Å². The molecule has 0 saturated heterocycles. The number of halogens is 2. The number of anilines is 1. The van der Waals surface area contributed by atoms with E-state index in [0.29, 0.717) is 6.42 Å². The summed E-state index contributed by atoms with van der Waals surface area (Å²) in [6.45, 7) is 0.186. The highest BCUT2D eigenvalue weighted by Gasteiger charge is 2.34. The summed E-state index contributed by atoms with van der Waals surface area (Å²) >= 11 is 3.58. The van der Waals surface area contributed by atoms with Crippen LogP contribution in [0.15, 0.2) is 77.3 Å². The van der Waals surface area contributed by atoms with Gasteiger partial charge in [0.05, 0.1) is 11.7 Å². The van der Waals surface area contributed by atoms with Gasteiger partial charge in [-0.15, -0.1) is 0 Å². The zero-order valence-electron chi connectivity index (χ0n) is 15.1. The average Bonchev–Trinajstić information content (AvgIpc) is 2.72. The first-order valence-corrected chi connectivity index (χ1v) is 9.95. The molecule has 0 saturated carbocycles. The maximum Gasteiger partial charge on any atom is 0.415 e. The van der Waals surface area contributed by atoms with Crippen LogP contribution in [0.3, 0.4) is 0 Å². The molecule has 1 aliphatic heterocycles. The molecule has 0 bridgehead atoms. The first kappa shape index (κ1) is 18.7. The van der Waals surface area contributed by atoms with E-state index < -0.39 is 6.09 Å². The summed E-state index contributed by atoms with van der Waals surface area (Å²) in [5, 5.41) is 0. The van der Waals surface area contributed by atoms with E-state index in [-0.39, 0.29) is 18.5 Å². The second kappa shape index (κ2) is 8.15. The van der Waals surface area contributed by atoms with Gasteiger partial charge >= 0.3 is 6.09 Å². The standard InChI is InChI=1S/C23H19BrFNO2/c24-20-11-5-8-17-12-13-21(18-9-4-10-19(25)14-18)26(22(17)20)23(27)28-15-16-6-2-1-3-7-16/h1-11,14,21H,12-13,15H2. The van der Waals surface area contributed by atoms with Gasteiger partial charge in [0.1, 0.15) is 12.4 Å². The molecule has 1 atom stereocenters. The SMILES string of the molecule is O=C(OCc1ccccc1)N1c2c(Br)cccc2CCC1c1cccc(F)c1. The Morgan fingerprint density at radius 1 is 1.07 bits per heavy atom. The third-order valence-corrected chi connectivity index (χ3v) is 5.59. The van der Waals surface area contributed by atoms with Gasteiger partial charge in [0, 0.05) is 4.47 Å². The maximum absolute atomic E-state index is 13.9. The van der Waals surface area contributed by atoms with E-state index in [9.17, 15) is 9.18 Å². The second-order valence-electron chi connectivity index (χ2n) is 6.77. The van der Waals surface area contributed by atoms with E-state index in [4.69, 9.17) is 4.74 Å². The highest BCUT2D eigenvalue weighted by atomic mass is 79.9. The summed E-state index contributed by atoms with van der Waals surface area (Å²) in [6, 6.07) is 21.6. The summed E-state index contributed by atoms with van der Waals surface area (Å²) < 4.78 is 20.3. The molecule has 1 heterocycles. The Morgan fingerprint density at radius 2 is 1.86 bits per heavy atom. The maximum atomic E-state index is 13.9. The summed E-state index contributed by atoms with van der Waals surface area (Å²) in [6.07, 6.45) is 1.07. The molecule has 1 unspecified atom stereocenters. The fraction of sp³-hybridized carbons (Fsp3) is 0.174. The van der Waals surface area contributed by atoms with Crippen molar-refractivity contribution in [1.29, 1.82) is 0 Å². The zero-order valence-corrected chi connectivity index (χ0v) is 16.7. The van der Waals surface area contributed by atoms with Gasteiger partial charge in [0.15, 0.2) is 0 Å². The molecule has 0 aliphatic carbocycles. The van der Waals surface area contributed by atoms with Crippen LogP contribution in [0.2, 0.25) is 0 Å². The molecule has 0 spiro atoms. The number of benzene rings is 3. The van der Waals surface area contributed by atoms with Crippen LogP contribution >= 0.6 is 15.9 Å². The number of aryl methyl sites for hydroxylation is 1. The van der Waals surface area contributed by atoms with Crippen molar-refractivity contribution in [3.05, 3.63) is 99.8 Å². The Bertz CT molecular complexity index is 993. The van der Waals surface area contributed by atoms with Gasteiger partial charge in [-0.25, -0.2) is 9.18 Å². The Balaban J connectivity index is 1.69. The van der Waals surface area contributed by atoms with Crippen molar-refractivity contribution in [2.24, 2.45) is 0 Å². The summed E-state index contributed by atoms with van der Waals surface area (Å²) in [4.78, 5) is 14.8. The van der Waals surface area contributed by atoms with Gasteiger partial charge in [0.25, 0.3) is 0 Å². The van der Waals surface area contributed by atoms with Gasteiger partial charge < -0.3 is 4.74 Å². The third-order valence-electron chi connectivity index (χ3n) is 4.95. The third kappa shape index (κ3) is 3.80. The number of hydrogen-bond acceptors (Lipinski definition) is 2. The van der Waals surface area contributed by atoms with Crippen LogP contribution in [-0.2, 0) is 17.8 Å². The zero-order chi connectivity index (χ0) is 19.5. The quantitative estimate of drug-likeness (QED) is 0.471. The van der Waals surface area contributed by atoms with Crippen LogP contribution in [0.4, 0.5) is 14.9 Å². The summed E-state index contributed by atoms with van der Waals surface area (Å²) in [5.74, 6) is -0.312. The molecule has 0 aromatic heterocycles. The second-order valence-corrected chi connectivity index (χ2v) is 7.62. The lowest BCUT2D eigenvalue weighted by Gasteiger charge is -2.37. The number of hydrogen-bond donors (Lipinski definition) is 0. The molecule has 0 fully saturated rings. The van der Waals surface area contributed by atoms with Gasteiger partial charge in [-0.2, -0.15) is 0 Å². The van der Waals surface area contributed by atoms with Crippen LogP contribution in [0.1, 0.15) is 29.2 Å². The highest BCUT2D eigenvalue weighted by Crippen LogP contribution is 2.43. The summed E-state index contributed by atoms with van der Waals surface area (Å²) in [5.41, 5.74) is 3.54. The predicted octanol–water partition coefficient (Wildman–Crippen LogP) is 6.42.